The predicted molar refractivity (Wildman–Crippen MR) is 59.9 cm³/mol. The minimum Gasteiger partial charge on any atom is -0.462 e. The number of hydrogen-bond donors (Lipinski definition) is 1. The van der Waals surface area contributed by atoms with E-state index in [1.54, 1.807) is 7.11 Å². The van der Waals surface area contributed by atoms with Crippen LogP contribution >= 0.6 is 0 Å². The first-order valence-electron chi connectivity index (χ1n) is 5.75. The smallest absolute Gasteiger partial charge is 0.129 e. The lowest BCUT2D eigenvalue weighted by molar-refractivity contribution is 0.0751. The van der Waals surface area contributed by atoms with E-state index in [0.717, 1.165) is 44.0 Å². The molecule has 0 bridgehead atoms. The zero-order valence-electron chi connectivity index (χ0n) is 9.69. The zero-order chi connectivity index (χ0) is 11.4. The van der Waals surface area contributed by atoms with Crippen molar-refractivity contribution in [1.82, 2.24) is 4.90 Å². The second-order valence-electron chi connectivity index (χ2n) is 4.31. The highest BCUT2D eigenvalue weighted by Crippen LogP contribution is 2.15. The van der Waals surface area contributed by atoms with Gasteiger partial charge in [0.25, 0.3) is 0 Å². The molecule has 4 nitrogen and oxygen atoms in total. The Bertz CT molecular complexity index is 316. The molecule has 0 aliphatic carbocycles. The Morgan fingerprint density at radius 3 is 2.75 bits per heavy atom. The minimum absolute atomic E-state index is 0.114. The van der Waals surface area contributed by atoms with Gasteiger partial charge >= 0.3 is 0 Å². The summed E-state index contributed by atoms with van der Waals surface area (Å²) in [5, 5.41) is 9.40. The molecule has 1 aliphatic heterocycles. The Kier molecular flexibility index (Phi) is 3.98. The number of methoxy groups -OCH3 is 1. The molecule has 1 aromatic rings. The molecular formula is C12H19NO3. The summed E-state index contributed by atoms with van der Waals surface area (Å²) in [5.41, 5.74) is 0. The summed E-state index contributed by atoms with van der Waals surface area (Å²) in [6.45, 7) is 3.25. The van der Waals surface area contributed by atoms with Crippen molar-refractivity contribution in [3.8, 4) is 0 Å². The lowest BCUT2D eigenvalue weighted by Gasteiger charge is -2.28. The van der Waals surface area contributed by atoms with Gasteiger partial charge in [-0.25, -0.2) is 0 Å². The van der Waals surface area contributed by atoms with E-state index in [4.69, 9.17) is 9.15 Å². The quantitative estimate of drug-likeness (QED) is 0.841. The Hall–Kier alpha value is -0.840. The second kappa shape index (κ2) is 5.48. The van der Waals surface area contributed by atoms with Crippen molar-refractivity contribution in [2.45, 2.75) is 32.1 Å². The average Bonchev–Trinajstić information content (AvgIpc) is 2.70. The molecular weight excluding hydrogens is 206 g/mol. The molecule has 0 atom stereocenters. The first-order chi connectivity index (χ1) is 7.78. The fourth-order valence-corrected chi connectivity index (χ4v) is 2.02. The monoisotopic (exact) mass is 225 g/mol. The summed E-state index contributed by atoms with van der Waals surface area (Å²) < 4.78 is 10.6. The van der Waals surface area contributed by atoms with E-state index in [1.165, 1.54) is 0 Å². The first-order valence-corrected chi connectivity index (χ1v) is 5.75. The van der Waals surface area contributed by atoms with Crippen LogP contribution in [0.15, 0.2) is 16.5 Å². The largest absolute Gasteiger partial charge is 0.462 e. The van der Waals surface area contributed by atoms with Crippen molar-refractivity contribution in [3.63, 3.8) is 0 Å². The Balaban J connectivity index is 1.83. The molecule has 16 heavy (non-hydrogen) atoms. The van der Waals surface area contributed by atoms with Crippen LogP contribution in [0.4, 0.5) is 0 Å². The van der Waals surface area contributed by atoms with E-state index in [9.17, 15) is 5.11 Å². The second-order valence-corrected chi connectivity index (χ2v) is 4.31. The first kappa shape index (κ1) is 11.6. The van der Waals surface area contributed by atoms with Gasteiger partial charge in [0.1, 0.15) is 18.1 Å². The molecule has 90 valence electrons. The highest BCUT2D eigenvalue weighted by Gasteiger charge is 2.17. The van der Waals surface area contributed by atoms with Gasteiger partial charge in [-0.3, -0.25) is 4.90 Å². The van der Waals surface area contributed by atoms with E-state index in [-0.39, 0.29) is 6.10 Å². The maximum absolute atomic E-state index is 9.40. The van der Waals surface area contributed by atoms with Gasteiger partial charge in [-0.05, 0) is 25.0 Å². The molecule has 0 aromatic carbocycles. The van der Waals surface area contributed by atoms with Crippen LogP contribution in [-0.2, 0) is 17.9 Å². The average molecular weight is 225 g/mol. The molecule has 0 radical (unpaired) electrons. The number of hydrogen-bond acceptors (Lipinski definition) is 4. The summed E-state index contributed by atoms with van der Waals surface area (Å²) >= 11 is 0. The maximum atomic E-state index is 9.40. The fourth-order valence-electron chi connectivity index (χ4n) is 2.02. The third kappa shape index (κ3) is 3.07. The topological polar surface area (TPSA) is 45.8 Å². The minimum atomic E-state index is -0.114. The zero-order valence-corrected chi connectivity index (χ0v) is 9.69. The molecule has 0 saturated carbocycles. The van der Waals surface area contributed by atoms with Gasteiger partial charge in [-0.1, -0.05) is 0 Å². The fraction of sp³-hybridized carbons (Fsp3) is 0.667. The van der Waals surface area contributed by atoms with Crippen LogP contribution in [0, 0.1) is 0 Å². The Labute approximate surface area is 95.8 Å². The number of furan rings is 1. The van der Waals surface area contributed by atoms with Crippen LogP contribution in [0.1, 0.15) is 24.4 Å². The molecule has 0 unspecified atom stereocenters. The summed E-state index contributed by atoms with van der Waals surface area (Å²) in [7, 11) is 1.66. The van der Waals surface area contributed by atoms with Crippen LogP contribution in [0.5, 0.6) is 0 Å². The van der Waals surface area contributed by atoms with E-state index in [0.29, 0.717) is 6.61 Å². The van der Waals surface area contributed by atoms with Gasteiger partial charge in [0, 0.05) is 20.2 Å². The molecule has 1 aromatic heterocycles. The Morgan fingerprint density at radius 1 is 1.38 bits per heavy atom. The normalized spacial score (nSPS) is 19.1. The number of piperidine rings is 1. The number of aliphatic hydroxyl groups excluding tert-OH is 1. The number of nitrogens with zero attached hydrogens (tertiary/aromatic N) is 1. The van der Waals surface area contributed by atoms with Gasteiger partial charge in [0.15, 0.2) is 0 Å². The van der Waals surface area contributed by atoms with Crippen LogP contribution in [0.2, 0.25) is 0 Å². The molecule has 0 amide bonds. The van der Waals surface area contributed by atoms with Gasteiger partial charge in [-0.15, -0.1) is 0 Å². The van der Waals surface area contributed by atoms with Gasteiger partial charge in [-0.2, -0.15) is 0 Å². The number of aliphatic hydroxyl groups is 1. The number of likely N-dealkylation sites (tertiary alicyclic amines) is 1. The van der Waals surface area contributed by atoms with Crippen LogP contribution in [0.25, 0.3) is 0 Å². The molecule has 2 rings (SSSR count). The van der Waals surface area contributed by atoms with E-state index in [2.05, 4.69) is 4.90 Å². The van der Waals surface area contributed by atoms with Crippen molar-refractivity contribution in [1.29, 1.82) is 0 Å². The van der Waals surface area contributed by atoms with Crippen molar-refractivity contribution in [2.24, 2.45) is 0 Å². The third-order valence-corrected chi connectivity index (χ3v) is 2.94. The third-order valence-electron chi connectivity index (χ3n) is 2.94. The van der Waals surface area contributed by atoms with Gasteiger partial charge in [0.2, 0.25) is 0 Å². The maximum Gasteiger partial charge on any atom is 0.129 e. The van der Waals surface area contributed by atoms with E-state index >= 15 is 0 Å². The highest BCUT2D eigenvalue weighted by atomic mass is 16.5. The van der Waals surface area contributed by atoms with Crippen molar-refractivity contribution >= 4 is 0 Å². The number of rotatable bonds is 4. The van der Waals surface area contributed by atoms with Gasteiger partial charge < -0.3 is 14.3 Å². The van der Waals surface area contributed by atoms with Crippen molar-refractivity contribution in [2.75, 3.05) is 20.2 Å². The van der Waals surface area contributed by atoms with E-state index < -0.39 is 0 Å². The van der Waals surface area contributed by atoms with Crippen molar-refractivity contribution < 1.29 is 14.3 Å². The summed E-state index contributed by atoms with van der Waals surface area (Å²) in [4.78, 5) is 2.31. The highest BCUT2D eigenvalue weighted by molar-refractivity contribution is 5.06. The molecule has 2 heterocycles. The molecule has 1 N–H and O–H groups in total. The van der Waals surface area contributed by atoms with Crippen LogP contribution < -0.4 is 0 Å². The van der Waals surface area contributed by atoms with Gasteiger partial charge in [0.05, 0.1) is 12.6 Å². The summed E-state index contributed by atoms with van der Waals surface area (Å²) in [6, 6.07) is 3.96. The molecule has 1 aliphatic rings. The standard InChI is InChI=1S/C12H19NO3/c1-15-9-12-3-2-11(16-12)8-13-6-4-10(14)5-7-13/h2-3,10,14H,4-9H2,1H3. The molecule has 4 heteroatoms. The summed E-state index contributed by atoms with van der Waals surface area (Å²) in [6.07, 6.45) is 1.62. The summed E-state index contributed by atoms with van der Waals surface area (Å²) in [5.74, 6) is 1.85. The molecule has 1 fully saturated rings. The van der Waals surface area contributed by atoms with Crippen molar-refractivity contribution in [3.05, 3.63) is 23.7 Å². The molecule has 1 saturated heterocycles. The lowest BCUT2D eigenvalue weighted by Crippen LogP contribution is -2.35. The number of ether oxygens (including phenoxy) is 1. The van der Waals surface area contributed by atoms with Crippen LogP contribution in [0.3, 0.4) is 0 Å². The van der Waals surface area contributed by atoms with E-state index in [1.807, 2.05) is 12.1 Å². The van der Waals surface area contributed by atoms with Crippen LogP contribution in [-0.4, -0.2) is 36.3 Å². The Morgan fingerprint density at radius 2 is 2.06 bits per heavy atom. The molecule has 0 spiro atoms. The lowest BCUT2D eigenvalue weighted by atomic mass is 10.1. The SMILES string of the molecule is COCc1ccc(CN2CCC(O)CC2)o1. The predicted octanol–water partition coefficient (Wildman–Crippen LogP) is 1.38.